The van der Waals surface area contributed by atoms with E-state index < -0.39 is 14.3 Å². The van der Waals surface area contributed by atoms with Gasteiger partial charge in [0.1, 0.15) is 17.7 Å². The number of aromatic nitrogens is 4. The summed E-state index contributed by atoms with van der Waals surface area (Å²) in [6.45, 7) is 7.56. The van der Waals surface area contributed by atoms with E-state index in [1.54, 1.807) is 0 Å². The van der Waals surface area contributed by atoms with E-state index in [-0.39, 0.29) is 23.0 Å². The third-order valence-corrected chi connectivity index (χ3v) is 11.5. The smallest absolute Gasteiger partial charge is 0.303 e. The first-order valence-corrected chi connectivity index (χ1v) is 13.8. The maximum atomic E-state index is 11.2. The molecule has 0 saturated heterocycles. The Morgan fingerprint density at radius 3 is 2.17 bits per heavy atom. The van der Waals surface area contributed by atoms with E-state index in [1.807, 2.05) is 16.7 Å². The molecule has 0 aliphatic heterocycles. The van der Waals surface area contributed by atoms with Crippen LogP contribution in [0.4, 0.5) is 0 Å². The lowest BCUT2D eigenvalue weighted by Gasteiger charge is -2.43. The number of carboxylic acids is 1. The second kappa shape index (κ2) is 10.3. The molecular weight excluding hydrogens is 480 g/mol. The summed E-state index contributed by atoms with van der Waals surface area (Å²) < 4.78 is 8.90. The number of aryl methyl sites for hydroxylation is 1. The monoisotopic (exact) mass is 508 g/mol. The van der Waals surface area contributed by atoms with Gasteiger partial charge in [-0.05, 0) is 15.4 Å². The Kier molecular flexibility index (Phi) is 7.35. The van der Waals surface area contributed by atoms with Crippen molar-refractivity contribution in [3.63, 3.8) is 0 Å². The summed E-state index contributed by atoms with van der Waals surface area (Å²) >= 11 is 6.26. The minimum Gasteiger partial charge on any atom is -0.481 e. The zero-order valence-electron chi connectivity index (χ0n) is 20.1. The van der Waals surface area contributed by atoms with Crippen molar-refractivity contribution in [2.24, 2.45) is 0 Å². The highest BCUT2D eigenvalue weighted by Crippen LogP contribution is 2.36. The van der Waals surface area contributed by atoms with Gasteiger partial charge in [0.25, 0.3) is 8.32 Å². The first-order chi connectivity index (χ1) is 16.7. The second-order valence-corrected chi connectivity index (χ2v) is 14.1. The van der Waals surface area contributed by atoms with E-state index in [4.69, 9.17) is 16.0 Å². The molecule has 0 unspecified atom stereocenters. The van der Waals surface area contributed by atoms with Crippen LogP contribution in [0.5, 0.6) is 0 Å². The summed E-state index contributed by atoms with van der Waals surface area (Å²) in [5.41, 5.74) is 1.05. The number of carboxylic acid groups (broad SMARTS) is 1. The molecule has 0 spiro atoms. The van der Waals surface area contributed by atoms with Gasteiger partial charge >= 0.3 is 5.97 Å². The van der Waals surface area contributed by atoms with Crippen LogP contribution in [-0.4, -0.2) is 45.5 Å². The number of rotatable bonds is 9. The van der Waals surface area contributed by atoms with Crippen LogP contribution >= 0.6 is 11.6 Å². The average Bonchev–Trinajstić information content (AvgIpc) is 3.19. The summed E-state index contributed by atoms with van der Waals surface area (Å²) in [7, 11) is -2.70. The fourth-order valence-electron chi connectivity index (χ4n) is 4.65. The Bertz CT molecular complexity index is 1270. The minimum atomic E-state index is -2.70. The highest BCUT2D eigenvalue weighted by molar-refractivity contribution is 6.99. The number of hydrogen-bond donors (Lipinski definition) is 1. The molecule has 4 rings (SSSR count). The van der Waals surface area contributed by atoms with Crippen molar-refractivity contribution in [3.8, 4) is 0 Å². The minimum absolute atomic E-state index is 0.0378. The zero-order valence-corrected chi connectivity index (χ0v) is 21.9. The molecule has 0 amide bonds. The lowest BCUT2D eigenvalue weighted by atomic mass is 10.2. The van der Waals surface area contributed by atoms with Crippen LogP contribution in [0.2, 0.25) is 10.2 Å². The molecule has 0 atom stereocenters. The quantitative estimate of drug-likeness (QED) is 0.271. The number of nitrogens with zero attached hydrogens (tertiary/aromatic N) is 4. The summed E-state index contributed by atoms with van der Waals surface area (Å²) in [5, 5.41) is 11.7. The van der Waals surface area contributed by atoms with Crippen LogP contribution in [0, 0.1) is 0 Å². The fourth-order valence-corrected chi connectivity index (χ4v) is 9.37. The van der Waals surface area contributed by atoms with Crippen molar-refractivity contribution >= 4 is 47.4 Å². The van der Waals surface area contributed by atoms with E-state index in [0.717, 1.165) is 0 Å². The van der Waals surface area contributed by atoms with Crippen LogP contribution in [0.15, 0.2) is 67.0 Å². The lowest BCUT2D eigenvalue weighted by molar-refractivity contribution is -0.137. The zero-order chi connectivity index (χ0) is 25.1. The van der Waals surface area contributed by atoms with Crippen molar-refractivity contribution in [1.29, 1.82) is 0 Å². The number of carbonyl (C=O) groups is 1. The number of fused-ring (bicyclic) bond motifs is 1. The molecule has 35 heavy (non-hydrogen) atoms. The van der Waals surface area contributed by atoms with E-state index in [2.05, 4.69) is 84.3 Å². The van der Waals surface area contributed by atoms with Gasteiger partial charge in [0.2, 0.25) is 0 Å². The van der Waals surface area contributed by atoms with Gasteiger partial charge in [0.15, 0.2) is 10.8 Å². The molecule has 0 fully saturated rings. The molecule has 0 saturated carbocycles. The number of hydrogen-bond acceptors (Lipinski definition) is 5. The van der Waals surface area contributed by atoms with Crippen LogP contribution in [0.25, 0.3) is 11.2 Å². The predicted molar refractivity (Wildman–Crippen MR) is 140 cm³/mol. The van der Waals surface area contributed by atoms with Crippen molar-refractivity contribution in [3.05, 3.63) is 78.0 Å². The summed E-state index contributed by atoms with van der Waals surface area (Å²) in [5.74, 6) is -0.278. The first-order valence-electron chi connectivity index (χ1n) is 11.6. The fraction of sp³-hybridized carbons (Fsp3) is 0.308. The van der Waals surface area contributed by atoms with E-state index in [0.29, 0.717) is 30.1 Å². The normalized spacial score (nSPS) is 12.2. The van der Waals surface area contributed by atoms with Crippen LogP contribution in [0.3, 0.4) is 0 Å². The molecule has 2 heterocycles. The van der Waals surface area contributed by atoms with E-state index in [1.165, 1.54) is 16.7 Å². The lowest BCUT2D eigenvalue weighted by Crippen LogP contribution is -2.66. The van der Waals surface area contributed by atoms with E-state index in [9.17, 15) is 9.90 Å². The molecule has 4 aromatic rings. The van der Waals surface area contributed by atoms with Crippen LogP contribution < -0.4 is 10.4 Å². The van der Waals surface area contributed by atoms with Crippen molar-refractivity contribution in [1.82, 2.24) is 19.5 Å². The molecular formula is C26H29ClN4O3Si. The number of imidazole rings is 1. The Labute approximate surface area is 210 Å². The SMILES string of the molecule is CC(C)(C)[Si](OCCn1c(CCC(=O)O)nc2c(Cl)ncnc21)(c1ccccc1)c1ccccc1. The van der Waals surface area contributed by atoms with Crippen molar-refractivity contribution in [2.45, 2.75) is 45.2 Å². The summed E-state index contributed by atoms with van der Waals surface area (Å²) in [6.07, 6.45) is 1.62. The average molecular weight is 509 g/mol. The van der Waals surface area contributed by atoms with Crippen molar-refractivity contribution < 1.29 is 14.3 Å². The third kappa shape index (κ3) is 5.00. The molecule has 9 heteroatoms. The molecule has 0 aliphatic rings. The standard InChI is InChI=1S/C26H29ClN4O3Si/c1-26(2,3)35(19-10-6-4-7-11-19,20-12-8-5-9-13-20)34-17-16-31-21(14-15-22(32)33)30-23-24(27)28-18-29-25(23)31/h4-13,18H,14-17H2,1-3H3,(H,32,33). The molecule has 0 aliphatic carbocycles. The number of benzene rings is 2. The van der Waals surface area contributed by atoms with Crippen molar-refractivity contribution in [2.75, 3.05) is 6.61 Å². The second-order valence-electron chi connectivity index (χ2n) is 9.42. The number of aliphatic carboxylic acids is 1. The Hall–Kier alpha value is -3.07. The van der Waals surface area contributed by atoms with E-state index >= 15 is 0 Å². The van der Waals surface area contributed by atoms with Gasteiger partial charge in [-0.1, -0.05) is 93.0 Å². The highest BCUT2D eigenvalue weighted by atomic mass is 35.5. The molecule has 0 radical (unpaired) electrons. The third-order valence-electron chi connectivity index (χ3n) is 6.18. The number of halogens is 1. The van der Waals surface area contributed by atoms with Gasteiger partial charge in [-0.2, -0.15) is 0 Å². The summed E-state index contributed by atoms with van der Waals surface area (Å²) in [6, 6.07) is 20.9. The highest BCUT2D eigenvalue weighted by Gasteiger charge is 2.50. The summed E-state index contributed by atoms with van der Waals surface area (Å²) in [4.78, 5) is 24.2. The topological polar surface area (TPSA) is 90.1 Å². The molecule has 1 N–H and O–H groups in total. The molecule has 182 valence electrons. The Morgan fingerprint density at radius 1 is 1.03 bits per heavy atom. The molecule has 7 nitrogen and oxygen atoms in total. The predicted octanol–water partition coefficient (Wildman–Crippen LogP) is 4.07. The first kappa shape index (κ1) is 25.0. The Morgan fingerprint density at radius 2 is 1.63 bits per heavy atom. The maximum absolute atomic E-state index is 11.2. The van der Waals surface area contributed by atoms with Gasteiger partial charge in [0, 0.05) is 13.0 Å². The van der Waals surface area contributed by atoms with Gasteiger partial charge < -0.3 is 14.1 Å². The van der Waals surface area contributed by atoms with Gasteiger partial charge in [-0.3, -0.25) is 4.79 Å². The van der Waals surface area contributed by atoms with Crippen LogP contribution in [-0.2, 0) is 22.2 Å². The maximum Gasteiger partial charge on any atom is 0.303 e. The largest absolute Gasteiger partial charge is 0.481 e. The van der Waals surface area contributed by atoms with Gasteiger partial charge in [0.05, 0.1) is 13.0 Å². The Balaban J connectivity index is 1.73. The molecule has 2 aromatic heterocycles. The molecule has 0 bridgehead atoms. The molecule has 2 aromatic carbocycles. The van der Waals surface area contributed by atoms with Gasteiger partial charge in [-0.15, -0.1) is 0 Å². The van der Waals surface area contributed by atoms with Crippen LogP contribution in [0.1, 0.15) is 33.0 Å². The van der Waals surface area contributed by atoms with Gasteiger partial charge in [-0.25, -0.2) is 15.0 Å².